The van der Waals surface area contributed by atoms with Crippen LogP contribution in [0.3, 0.4) is 0 Å². The fourth-order valence-electron chi connectivity index (χ4n) is 2.91. The zero-order valence-electron chi connectivity index (χ0n) is 15.7. The zero-order chi connectivity index (χ0) is 20.9. The lowest BCUT2D eigenvalue weighted by atomic mass is 10.0. The van der Waals surface area contributed by atoms with Crippen molar-refractivity contribution in [3.8, 4) is 11.3 Å². The van der Waals surface area contributed by atoms with Crippen molar-refractivity contribution in [1.29, 1.82) is 0 Å². The van der Waals surface area contributed by atoms with Gasteiger partial charge >= 0.3 is 5.91 Å². The summed E-state index contributed by atoms with van der Waals surface area (Å²) in [6, 6.07) is 27.6. The van der Waals surface area contributed by atoms with Crippen LogP contribution in [-0.2, 0) is 0 Å². The standard InChI is InChI=1S/C24H16Cl2N2O2/c25-19-12-11-18(15-20(19)26)23(17-9-5-2-6-10-17)27-28-24(29)22-14-13-21(30-22)16-7-3-1-4-8-16/h1-15H,(H,28,29)/b27-23-. The lowest BCUT2D eigenvalue weighted by molar-refractivity contribution is 0.0928. The predicted octanol–water partition coefficient (Wildman–Crippen LogP) is 6.44. The van der Waals surface area contributed by atoms with Crippen molar-refractivity contribution in [2.45, 2.75) is 0 Å². The van der Waals surface area contributed by atoms with Crippen molar-refractivity contribution < 1.29 is 9.21 Å². The summed E-state index contributed by atoms with van der Waals surface area (Å²) in [5, 5.41) is 5.20. The largest absolute Gasteiger partial charge is 0.451 e. The van der Waals surface area contributed by atoms with Gasteiger partial charge in [0.05, 0.1) is 15.8 Å². The second kappa shape index (κ2) is 8.99. The number of hydrazone groups is 1. The van der Waals surface area contributed by atoms with Crippen LogP contribution in [-0.4, -0.2) is 11.6 Å². The van der Waals surface area contributed by atoms with Gasteiger partial charge in [-0.25, -0.2) is 5.43 Å². The van der Waals surface area contributed by atoms with Gasteiger partial charge < -0.3 is 4.42 Å². The highest BCUT2D eigenvalue weighted by molar-refractivity contribution is 6.42. The number of benzene rings is 3. The highest BCUT2D eigenvalue weighted by Crippen LogP contribution is 2.25. The van der Waals surface area contributed by atoms with Crippen molar-refractivity contribution in [2.24, 2.45) is 5.10 Å². The monoisotopic (exact) mass is 434 g/mol. The second-order valence-electron chi connectivity index (χ2n) is 6.43. The number of rotatable bonds is 5. The predicted molar refractivity (Wildman–Crippen MR) is 120 cm³/mol. The minimum absolute atomic E-state index is 0.166. The number of carbonyl (C=O) groups is 1. The van der Waals surface area contributed by atoms with Crippen LogP contribution < -0.4 is 5.43 Å². The van der Waals surface area contributed by atoms with Gasteiger partial charge in [0.25, 0.3) is 0 Å². The molecule has 0 saturated heterocycles. The Morgan fingerprint density at radius 1 is 0.767 bits per heavy atom. The number of nitrogens with zero attached hydrogens (tertiary/aromatic N) is 1. The average Bonchev–Trinajstić information content (AvgIpc) is 3.28. The molecule has 3 aromatic carbocycles. The molecule has 0 aliphatic rings. The minimum Gasteiger partial charge on any atom is -0.451 e. The molecular weight excluding hydrogens is 419 g/mol. The molecule has 0 spiro atoms. The highest BCUT2D eigenvalue weighted by atomic mass is 35.5. The van der Waals surface area contributed by atoms with E-state index in [9.17, 15) is 4.79 Å². The van der Waals surface area contributed by atoms with Crippen molar-refractivity contribution in [1.82, 2.24) is 5.43 Å². The number of furan rings is 1. The third-order valence-corrected chi connectivity index (χ3v) is 5.14. The summed E-state index contributed by atoms with van der Waals surface area (Å²) in [5.41, 5.74) is 5.56. The lowest BCUT2D eigenvalue weighted by Crippen LogP contribution is -2.20. The van der Waals surface area contributed by atoms with Gasteiger partial charge in [0.1, 0.15) is 5.76 Å². The lowest BCUT2D eigenvalue weighted by Gasteiger charge is -2.09. The Balaban J connectivity index is 1.62. The third-order valence-electron chi connectivity index (χ3n) is 4.40. The van der Waals surface area contributed by atoms with Gasteiger partial charge in [-0.15, -0.1) is 0 Å². The fraction of sp³-hybridized carbons (Fsp3) is 0. The van der Waals surface area contributed by atoms with Gasteiger partial charge in [0, 0.05) is 16.7 Å². The molecule has 0 radical (unpaired) electrons. The van der Waals surface area contributed by atoms with E-state index < -0.39 is 5.91 Å². The Morgan fingerprint density at radius 2 is 1.47 bits per heavy atom. The van der Waals surface area contributed by atoms with Gasteiger partial charge in [-0.05, 0) is 24.3 Å². The van der Waals surface area contributed by atoms with E-state index in [-0.39, 0.29) is 5.76 Å². The molecule has 4 aromatic rings. The summed E-state index contributed by atoms with van der Waals surface area (Å²) in [4.78, 5) is 12.6. The van der Waals surface area contributed by atoms with Gasteiger partial charge in [-0.1, -0.05) is 89.9 Å². The SMILES string of the molecule is O=C(N/N=C(/c1ccccc1)c1ccc(Cl)c(Cl)c1)c1ccc(-c2ccccc2)o1. The first-order chi connectivity index (χ1) is 14.6. The van der Waals surface area contributed by atoms with E-state index in [4.69, 9.17) is 27.6 Å². The van der Waals surface area contributed by atoms with E-state index in [2.05, 4.69) is 10.5 Å². The molecule has 0 aliphatic carbocycles. The van der Waals surface area contributed by atoms with E-state index in [0.29, 0.717) is 21.5 Å². The van der Waals surface area contributed by atoms with Crippen molar-refractivity contribution in [3.63, 3.8) is 0 Å². The van der Waals surface area contributed by atoms with E-state index in [1.54, 1.807) is 30.3 Å². The molecule has 0 bridgehead atoms. The minimum atomic E-state index is -0.453. The average molecular weight is 435 g/mol. The number of amides is 1. The molecule has 0 saturated carbocycles. The summed E-state index contributed by atoms with van der Waals surface area (Å²) >= 11 is 12.2. The molecule has 1 N–H and O–H groups in total. The van der Waals surface area contributed by atoms with Crippen LogP contribution in [0.25, 0.3) is 11.3 Å². The van der Waals surface area contributed by atoms with E-state index in [1.807, 2.05) is 60.7 Å². The van der Waals surface area contributed by atoms with Crippen LogP contribution in [0.2, 0.25) is 10.0 Å². The van der Waals surface area contributed by atoms with Crippen LogP contribution in [0.1, 0.15) is 21.7 Å². The molecule has 0 fully saturated rings. The van der Waals surface area contributed by atoms with Gasteiger partial charge in [0.2, 0.25) is 0 Å². The molecule has 1 amide bonds. The summed E-state index contributed by atoms with van der Waals surface area (Å²) in [6.07, 6.45) is 0. The number of carbonyl (C=O) groups excluding carboxylic acids is 1. The first-order valence-corrected chi connectivity index (χ1v) is 9.91. The summed E-state index contributed by atoms with van der Waals surface area (Å²) in [6.45, 7) is 0. The van der Waals surface area contributed by atoms with Crippen LogP contribution in [0.4, 0.5) is 0 Å². The quantitative estimate of drug-likeness (QED) is 0.290. The smallest absolute Gasteiger partial charge is 0.307 e. The van der Waals surface area contributed by atoms with E-state index >= 15 is 0 Å². The Labute approximate surface area is 183 Å². The maximum absolute atomic E-state index is 12.6. The van der Waals surface area contributed by atoms with E-state index in [1.165, 1.54) is 0 Å². The summed E-state index contributed by atoms with van der Waals surface area (Å²) < 4.78 is 5.69. The number of halogens is 2. The summed E-state index contributed by atoms with van der Waals surface area (Å²) in [5.74, 6) is 0.322. The topological polar surface area (TPSA) is 54.6 Å². The number of hydrogen-bond acceptors (Lipinski definition) is 3. The molecule has 1 aromatic heterocycles. The van der Waals surface area contributed by atoms with Gasteiger partial charge in [0.15, 0.2) is 5.76 Å². The molecule has 4 nitrogen and oxygen atoms in total. The first kappa shape index (κ1) is 20.0. The zero-order valence-corrected chi connectivity index (χ0v) is 17.2. The first-order valence-electron chi connectivity index (χ1n) is 9.16. The van der Waals surface area contributed by atoms with E-state index in [0.717, 1.165) is 16.7 Å². The number of hydrogen-bond donors (Lipinski definition) is 1. The Hall–Kier alpha value is -3.34. The van der Waals surface area contributed by atoms with Gasteiger partial charge in [-0.2, -0.15) is 5.10 Å². The van der Waals surface area contributed by atoms with Crippen LogP contribution in [0, 0.1) is 0 Å². The molecule has 30 heavy (non-hydrogen) atoms. The normalized spacial score (nSPS) is 11.3. The number of nitrogens with one attached hydrogen (secondary N) is 1. The fourth-order valence-corrected chi connectivity index (χ4v) is 3.21. The summed E-state index contributed by atoms with van der Waals surface area (Å²) in [7, 11) is 0. The maximum Gasteiger partial charge on any atom is 0.307 e. The molecule has 6 heteroatoms. The maximum atomic E-state index is 12.6. The third kappa shape index (κ3) is 4.46. The van der Waals surface area contributed by atoms with Crippen LogP contribution >= 0.6 is 23.2 Å². The molecule has 1 heterocycles. The van der Waals surface area contributed by atoms with Crippen molar-refractivity contribution in [3.05, 3.63) is 118 Å². The molecule has 0 atom stereocenters. The molecule has 0 aliphatic heterocycles. The highest BCUT2D eigenvalue weighted by Gasteiger charge is 2.14. The van der Waals surface area contributed by atoms with Crippen molar-refractivity contribution in [2.75, 3.05) is 0 Å². The Morgan fingerprint density at radius 3 is 2.17 bits per heavy atom. The van der Waals surface area contributed by atoms with Crippen LogP contribution in [0.15, 0.2) is 101 Å². The molecule has 0 unspecified atom stereocenters. The van der Waals surface area contributed by atoms with Gasteiger partial charge in [-0.3, -0.25) is 4.79 Å². The van der Waals surface area contributed by atoms with Crippen LogP contribution in [0.5, 0.6) is 0 Å². The molecule has 148 valence electrons. The Bertz CT molecular complexity index is 1200. The Kier molecular flexibility index (Phi) is 5.98. The molecule has 4 rings (SSSR count). The second-order valence-corrected chi connectivity index (χ2v) is 7.24. The van der Waals surface area contributed by atoms with Crippen molar-refractivity contribution >= 4 is 34.8 Å². The molecular formula is C24H16Cl2N2O2.